The summed E-state index contributed by atoms with van der Waals surface area (Å²) in [6.07, 6.45) is 0. The van der Waals surface area contributed by atoms with Gasteiger partial charge in [-0.25, -0.2) is 9.00 Å². The van der Waals surface area contributed by atoms with E-state index in [4.69, 9.17) is 4.74 Å². The third-order valence-electron chi connectivity index (χ3n) is 3.65. The van der Waals surface area contributed by atoms with Gasteiger partial charge in [-0.1, -0.05) is 36.4 Å². The molecule has 0 saturated heterocycles. The van der Waals surface area contributed by atoms with E-state index in [0.717, 1.165) is 0 Å². The van der Waals surface area contributed by atoms with Gasteiger partial charge in [0.1, 0.15) is 9.73 Å². The Morgan fingerprint density at radius 3 is 1.88 bits per heavy atom. The molecular formula is C20H17NO3S. The van der Waals surface area contributed by atoms with E-state index in [1.165, 1.54) is 7.11 Å². The average Bonchev–Trinajstić information content (AvgIpc) is 2.69. The summed E-state index contributed by atoms with van der Waals surface area (Å²) in [5.41, 5.74) is 1.04. The highest BCUT2D eigenvalue weighted by atomic mass is 32.2. The van der Waals surface area contributed by atoms with Crippen LogP contribution in [0, 0.1) is 0 Å². The summed E-state index contributed by atoms with van der Waals surface area (Å²) in [6, 6.07) is 24.9. The lowest BCUT2D eigenvalue weighted by Crippen LogP contribution is -2.04. The summed E-state index contributed by atoms with van der Waals surface area (Å²) < 4.78 is 23.1. The SMILES string of the molecule is COC(=O)c1ccc(S(=O)(=Nc2ccccc2)c2ccccc2)cc1. The van der Waals surface area contributed by atoms with E-state index in [-0.39, 0.29) is 0 Å². The molecule has 0 N–H and O–H groups in total. The Bertz CT molecular complexity index is 974. The lowest BCUT2D eigenvalue weighted by Gasteiger charge is -2.11. The quantitative estimate of drug-likeness (QED) is 0.641. The van der Waals surface area contributed by atoms with Crippen LogP contribution >= 0.6 is 0 Å². The number of rotatable bonds is 4. The number of nitrogens with zero attached hydrogens (tertiary/aromatic N) is 1. The second-order valence-electron chi connectivity index (χ2n) is 5.28. The van der Waals surface area contributed by atoms with Crippen molar-refractivity contribution in [3.8, 4) is 0 Å². The Hall–Kier alpha value is -2.92. The van der Waals surface area contributed by atoms with E-state index >= 15 is 0 Å². The third-order valence-corrected chi connectivity index (χ3v) is 5.94. The van der Waals surface area contributed by atoms with E-state index in [2.05, 4.69) is 4.36 Å². The summed E-state index contributed by atoms with van der Waals surface area (Å²) >= 11 is 0. The lowest BCUT2D eigenvalue weighted by molar-refractivity contribution is 0.0600. The van der Waals surface area contributed by atoms with Gasteiger partial charge in [0.25, 0.3) is 0 Å². The molecule has 0 aromatic heterocycles. The van der Waals surface area contributed by atoms with E-state index < -0.39 is 15.7 Å². The lowest BCUT2D eigenvalue weighted by atomic mass is 10.2. The molecular weight excluding hydrogens is 334 g/mol. The Morgan fingerprint density at radius 2 is 1.32 bits per heavy atom. The van der Waals surface area contributed by atoms with Crippen LogP contribution in [-0.4, -0.2) is 17.3 Å². The zero-order valence-corrected chi connectivity index (χ0v) is 14.5. The van der Waals surface area contributed by atoms with Gasteiger partial charge in [-0.15, -0.1) is 0 Å². The van der Waals surface area contributed by atoms with Gasteiger partial charge >= 0.3 is 5.97 Å². The van der Waals surface area contributed by atoms with Crippen molar-refractivity contribution in [3.05, 3.63) is 90.5 Å². The Kier molecular flexibility index (Phi) is 4.95. The number of benzene rings is 3. The van der Waals surface area contributed by atoms with Crippen molar-refractivity contribution < 1.29 is 13.7 Å². The molecule has 0 fully saturated rings. The van der Waals surface area contributed by atoms with Gasteiger partial charge in [0.2, 0.25) is 0 Å². The van der Waals surface area contributed by atoms with Gasteiger partial charge in [-0.2, -0.15) is 4.36 Å². The minimum atomic E-state index is -2.88. The molecule has 0 amide bonds. The second-order valence-corrected chi connectivity index (χ2v) is 7.46. The smallest absolute Gasteiger partial charge is 0.337 e. The van der Waals surface area contributed by atoms with E-state index in [1.807, 2.05) is 48.5 Å². The maximum Gasteiger partial charge on any atom is 0.337 e. The van der Waals surface area contributed by atoms with Gasteiger partial charge in [-0.05, 0) is 48.5 Å². The Balaban J connectivity index is 2.17. The summed E-state index contributed by atoms with van der Waals surface area (Å²) in [7, 11) is -1.55. The molecule has 126 valence electrons. The molecule has 0 aliphatic rings. The van der Waals surface area contributed by atoms with Crippen molar-refractivity contribution in [3.63, 3.8) is 0 Å². The van der Waals surface area contributed by atoms with Crippen LogP contribution in [0.5, 0.6) is 0 Å². The van der Waals surface area contributed by atoms with Crippen molar-refractivity contribution in [1.82, 2.24) is 0 Å². The molecule has 3 rings (SSSR count). The van der Waals surface area contributed by atoms with Crippen LogP contribution in [0.4, 0.5) is 5.69 Å². The largest absolute Gasteiger partial charge is 0.465 e. The standard InChI is InChI=1S/C20H17NO3S/c1-24-20(22)16-12-14-19(15-13-16)25(23,18-10-6-3-7-11-18)21-17-8-4-2-5-9-17/h2-15H,1H3. The highest BCUT2D eigenvalue weighted by Gasteiger charge is 2.17. The maximum absolute atomic E-state index is 13.8. The number of hydrogen-bond donors (Lipinski definition) is 0. The summed E-state index contributed by atoms with van der Waals surface area (Å²) in [4.78, 5) is 12.8. The number of hydrogen-bond acceptors (Lipinski definition) is 4. The number of esters is 1. The minimum absolute atomic E-state index is 0.403. The molecule has 0 spiro atoms. The van der Waals surface area contributed by atoms with E-state index in [0.29, 0.717) is 21.0 Å². The van der Waals surface area contributed by atoms with Crippen molar-refractivity contribution in [2.24, 2.45) is 4.36 Å². The second kappa shape index (κ2) is 7.32. The van der Waals surface area contributed by atoms with E-state index in [9.17, 15) is 9.00 Å². The van der Waals surface area contributed by atoms with Gasteiger partial charge < -0.3 is 4.74 Å². The van der Waals surface area contributed by atoms with Gasteiger partial charge in [0.15, 0.2) is 0 Å². The predicted molar refractivity (Wildman–Crippen MR) is 97.4 cm³/mol. The fourth-order valence-electron chi connectivity index (χ4n) is 2.38. The molecule has 25 heavy (non-hydrogen) atoms. The highest BCUT2D eigenvalue weighted by molar-refractivity contribution is 7.93. The van der Waals surface area contributed by atoms with Crippen LogP contribution in [0.15, 0.2) is 99.1 Å². The number of carbonyl (C=O) groups is 1. The number of carbonyl (C=O) groups excluding carboxylic acids is 1. The van der Waals surface area contributed by atoms with Crippen LogP contribution in [0.1, 0.15) is 10.4 Å². The van der Waals surface area contributed by atoms with Crippen molar-refractivity contribution in [1.29, 1.82) is 0 Å². The van der Waals surface area contributed by atoms with Crippen molar-refractivity contribution >= 4 is 21.4 Å². The minimum Gasteiger partial charge on any atom is -0.465 e. The third kappa shape index (κ3) is 3.61. The topological polar surface area (TPSA) is 55.7 Å². The zero-order valence-electron chi connectivity index (χ0n) is 13.7. The molecule has 0 saturated carbocycles. The van der Waals surface area contributed by atoms with Crippen molar-refractivity contribution in [2.45, 2.75) is 9.79 Å². The van der Waals surface area contributed by atoms with E-state index in [1.54, 1.807) is 36.4 Å². The van der Waals surface area contributed by atoms with Gasteiger partial charge in [0, 0.05) is 0 Å². The normalized spacial score (nSPS) is 12.8. The number of ether oxygens (including phenoxy) is 1. The zero-order chi connectivity index (χ0) is 17.7. The van der Waals surface area contributed by atoms with Crippen molar-refractivity contribution in [2.75, 3.05) is 7.11 Å². The average molecular weight is 351 g/mol. The monoisotopic (exact) mass is 351 g/mol. The highest BCUT2D eigenvalue weighted by Crippen LogP contribution is 2.28. The van der Waals surface area contributed by atoms with Crippen LogP contribution in [0.3, 0.4) is 0 Å². The van der Waals surface area contributed by atoms with Crippen LogP contribution in [-0.2, 0) is 14.5 Å². The molecule has 0 aliphatic carbocycles. The first-order valence-electron chi connectivity index (χ1n) is 7.69. The van der Waals surface area contributed by atoms with Crippen LogP contribution < -0.4 is 0 Å². The molecule has 1 unspecified atom stereocenters. The first-order valence-corrected chi connectivity index (χ1v) is 9.21. The molecule has 5 heteroatoms. The molecule has 0 heterocycles. The van der Waals surface area contributed by atoms with Crippen LogP contribution in [0.2, 0.25) is 0 Å². The van der Waals surface area contributed by atoms with Crippen LogP contribution in [0.25, 0.3) is 0 Å². The molecule has 1 atom stereocenters. The molecule has 3 aromatic carbocycles. The first kappa shape index (κ1) is 16.9. The predicted octanol–water partition coefficient (Wildman–Crippen LogP) is 4.69. The summed E-state index contributed by atoms with van der Waals surface area (Å²) in [5.74, 6) is -0.433. The Labute approximate surface area is 147 Å². The molecule has 0 aliphatic heterocycles. The number of methoxy groups -OCH3 is 1. The van der Waals surface area contributed by atoms with Gasteiger partial charge in [-0.3, -0.25) is 0 Å². The molecule has 3 aromatic rings. The molecule has 4 nitrogen and oxygen atoms in total. The maximum atomic E-state index is 13.8. The Morgan fingerprint density at radius 1 is 0.800 bits per heavy atom. The first-order chi connectivity index (χ1) is 12.1. The summed E-state index contributed by atoms with van der Waals surface area (Å²) in [6.45, 7) is 0. The fourth-order valence-corrected chi connectivity index (χ4v) is 4.31. The molecule has 0 radical (unpaired) electrons. The molecule has 0 bridgehead atoms. The fraction of sp³-hybridized carbons (Fsp3) is 0.0500. The summed E-state index contributed by atoms with van der Waals surface area (Å²) in [5, 5.41) is 0. The van der Waals surface area contributed by atoms with Gasteiger partial charge in [0.05, 0.1) is 28.2 Å².